The van der Waals surface area contributed by atoms with Gasteiger partial charge in [-0.3, -0.25) is 9.48 Å². The van der Waals surface area contributed by atoms with E-state index in [1.54, 1.807) is 13.1 Å². The van der Waals surface area contributed by atoms with Crippen molar-refractivity contribution in [2.75, 3.05) is 18.8 Å². The van der Waals surface area contributed by atoms with Crippen LogP contribution in [0.3, 0.4) is 0 Å². The van der Waals surface area contributed by atoms with E-state index in [0.29, 0.717) is 11.4 Å². The second-order valence-electron chi connectivity index (χ2n) is 8.64. The number of furan rings is 1. The Morgan fingerprint density at radius 2 is 2.00 bits per heavy atom. The van der Waals surface area contributed by atoms with Gasteiger partial charge in [-0.05, 0) is 43.2 Å². The second kappa shape index (κ2) is 7.51. The number of likely N-dealkylation sites (tertiary alicyclic amines) is 1. The van der Waals surface area contributed by atoms with E-state index in [1.165, 1.54) is 0 Å². The standard InChI is InChI=1S/C25H24N6O2/c1-15(32)30-8-5-19(6-9-30)31-14-18(12-29-31)21-13-28-25(26)24-20(21)11-23(33-24)17-2-3-22-16(10-17)4-7-27-22/h2-4,7,10-14,19,27H,5-6,8-9H2,1H3,(H2,26,28). The summed E-state index contributed by atoms with van der Waals surface area (Å²) in [6.45, 7) is 3.15. The molecule has 1 saturated heterocycles. The number of nitrogen functional groups attached to an aromatic ring is 1. The average Bonchev–Trinajstić information content (AvgIpc) is 3.58. The van der Waals surface area contributed by atoms with E-state index in [4.69, 9.17) is 10.2 Å². The summed E-state index contributed by atoms with van der Waals surface area (Å²) in [4.78, 5) is 21.1. The summed E-state index contributed by atoms with van der Waals surface area (Å²) in [5.41, 5.74) is 10.7. The van der Waals surface area contributed by atoms with E-state index >= 15 is 0 Å². The number of anilines is 1. The number of pyridine rings is 1. The molecule has 5 aromatic rings. The number of hydrogen-bond donors (Lipinski definition) is 2. The van der Waals surface area contributed by atoms with Crippen LogP contribution in [-0.2, 0) is 4.79 Å². The molecule has 0 unspecified atom stereocenters. The number of rotatable bonds is 3. The molecular weight excluding hydrogens is 416 g/mol. The molecular formula is C25H24N6O2. The van der Waals surface area contributed by atoms with Crippen molar-refractivity contribution in [1.29, 1.82) is 0 Å². The monoisotopic (exact) mass is 440 g/mol. The first-order valence-electron chi connectivity index (χ1n) is 11.1. The average molecular weight is 441 g/mol. The summed E-state index contributed by atoms with van der Waals surface area (Å²) in [6.07, 6.45) is 9.42. The van der Waals surface area contributed by atoms with E-state index in [1.807, 2.05) is 46.2 Å². The minimum absolute atomic E-state index is 0.136. The minimum Gasteiger partial charge on any atom is -0.452 e. The molecule has 0 spiro atoms. The number of aromatic nitrogens is 4. The molecule has 3 N–H and O–H groups in total. The third kappa shape index (κ3) is 3.34. The van der Waals surface area contributed by atoms with Crippen LogP contribution in [0.1, 0.15) is 25.8 Å². The number of nitrogens with two attached hydrogens (primary N) is 1. The molecule has 0 radical (unpaired) electrons. The summed E-state index contributed by atoms with van der Waals surface area (Å²) in [5.74, 6) is 1.25. The topological polar surface area (TPSA) is 106 Å². The minimum atomic E-state index is 0.136. The predicted molar refractivity (Wildman–Crippen MR) is 127 cm³/mol. The molecule has 8 nitrogen and oxygen atoms in total. The van der Waals surface area contributed by atoms with E-state index in [0.717, 1.165) is 64.7 Å². The van der Waals surface area contributed by atoms with Gasteiger partial charge in [0, 0.05) is 71.6 Å². The number of benzene rings is 1. The normalized spacial score (nSPS) is 15.0. The molecule has 0 aliphatic carbocycles. The van der Waals surface area contributed by atoms with E-state index < -0.39 is 0 Å². The van der Waals surface area contributed by atoms with Crippen LogP contribution in [0, 0.1) is 0 Å². The zero-order chi connectivity index (χ0) is 22.5. The Morgan fingerprint density at radius 3 is 2.82 bits per heavy atom. The first-order chi connectivity index (χ1) is 16.1. The van der Waals surface area contributed by atoms with Crippen molar-refractivity contribution in [2.24, 2.45) is 0 Å². The van der Waals surface area contributed by atoms with Gasteiger partial charge in [0.15, 0.2) is 11.4 Å². The first kappa shape index (κ1) is 19.6. The van der Waals surface area contributed by atoms with Gasteiger partial charge >= 0.3 is 0 Å². The summed E-state index contributed by atoms with van der Waals surface area (Å²) < 4.78 is 8.18. The summed E-state index contributed by atoms with van der Waals surface area (Å²) in [7, 11) is 0. The lowest BCUT2D eigenvalue weighted by Crippen LogP contribution is -2.37. The maximum Gasteiger partial charge on any atom is 0.219 e. The SMILES string of the molecule is CC(=O)N1CCC(n2cc(-c3cnc(N)c4oc(-c5ccc6[nH]ccc6c5)cc34)cn2)CC1. The van der Waals surface area contributed by atoms with Gasteiger partial charge in [-0.25, -0.2) is 4.98 Å². The fraction of sp³-hybridized carbons (Fsp3) is 0.240. The van der Waals surface area contributed by atoms with Gasteiger partial charge in [-0.1, -0.05) is 0 Å². The van der Waals surface area contributed by atoms with Crippen LogP contribution in [0.25, 0.3) is 44.3 Å². The summed E-state index contributed by atoms with van der Waals surface area (Å²) in [6, 6.07) is 10.5. The lowest BCUT2D eigenvalue weighted by molar-refractivity contribution is -0.130. The van der Waals surface area contributed by atoms with Crippen molar-refractivity contribution in [3.8, 4) is 22.5 Å². The Kier molecular flexibility index (Phi) is 4.46. The fourth-order valence-corrected chi connectivity index (χ4v) is 4.74. The maximum absolute atomic E-state index is 11.6. The van der Waals surface area contributed by atoms with Crippen LogP contribution in [0.5, 0.6) is 0 Å². The van der Waals surface area contributed by atoms with Crippen LogP contribution in [0.15, 0.2) is 59.5 Å². The highest BCUT2D eigenvalue weighted by molar-refractivity contribution is 6.00. The lowest BCUT2D eigenvalue weighted by Gasteiger charge is -2.31. The van der Waals surface area contributed by atoms with Gasteiger partial charge in [0.25, 0.3) is 0 Å². The number of fused-ring (bicyclic) bond motifs is 2. The second-order valence-corrected chi connectivity index (χ2v) is 8.64. The molecule has 1 aromatic carbocycles. The molecule has 33 heavy (non-hydrogen) atoms. The Balaban J connectivity index is 1.35. The molecule has 166 valence electrons. The van der Waals surface area contributed by atoms with E-state index in [9.17, 15) is 4.79 Å². The first-order valence-corrected chi connectivity index (χ1v) is 11.1. The van der Waals surface area contributed by atoms with Crippen molar-refractivity contribution in [3.63, 3.8) is 0 Å². The Hall–Kier alpha value is -4.07. The smallest absolute Gasteiger partial charge is 0.219 e. The molecule has 0 saturated carbocycles. The molecule has 0 atom stereocenters. The number of carbonyl (C=O) groups excluding carboxylic acids is 1. The summed E-state index contributed by atoms with van der Waals surface area (Å²) in [5, 5.41) is 6.66. The molecule has 4 aromatic heterocycles. The molecule has 1 aliphatic rings. The molecule has 0 bridgehead atoms. The highest BCUT2D eigenvalue weighted by Gasteiger charge is 2.23. The van der Waals surface area contributed by atoms with Crippen LogP contribution in [-0.4, -0.2) is 43.6 Å². The van der Waals surface area contributed by atoms with Crippen molar-refractivity contribution in [3.05, 3.63) is 55.1 Å². The number of nitrogens with zero attached hydrogens (tertiary/aromatic N) is 4. The number of nitrogens with one attached hydrogen (secondary N) is 1. The van der Waals surface area contributed by atoms with Crippen LogP contribution in [0.2, 0.25) is 0 Å². The number of piperidine rings is 1. The fourth-order valence-electron chi connectivity index (χ4n) is 4.74. The quantitative estimate of drug-likeness (QED) is 0.426. The number of aromatic amines is 1. The maximum atomic E-state index is 11.6. The third-order valence-electron chi connectivity index (χ3n) is 6.62. The van der Waals surface area contributed by atoms with Crippen LogP contribution < -0.4 is 5.73 Å². The highest BCUT2D eigenvalue weighted by Crippen LogP contribution is 2.37. The van der Waals surface area contributed by atoms with Crippen molar-refractivity contribution >= 4 is 33.6 Å². The van der Waals surface area contributed by atoms with Gasteiger partial charge in [0.1, 0.15) is 5.76 Å². The van der Waals surface area contributed by atoms with Gasteiger partial charge in [0.2, 0.25) is 5.91 Å². The lowest BCUT2D eigenvalue weighted by atomic mass is 10.0. The largest absolute Gasteiger partial charge is 0.452 e. The van der Waals surface area contributed by atoms with Gasteiger partial charge in [0.05, 0.1) is 12.2 Å². The number of H-pyrrole nitrogens is 1. The molecule has 6 rings (SSSR count). The van der Waals surface area contributed by atoms with Crippen molar-refractivity contribution < 1.29 is 9.21 Å². The highest BCUT2D eigenvalue weighted by atomic mass is 16.3. The Labute approximate surface area is 190 Å². The zero-order valence-electron chi connectivity index (χ0n) is 18.3. The Bertz CT molecular complexity index is 1490. The molecule has 1 aliphatic heterocycles. The predicted octanol–water partition coefficient (Wildman–Crippen LogP) is 4.61. The number of amides is 1. The van der Waals surface area contributed by atoms with Crippen LogP contribution >= 0.6 is 0 Å². The van der Waals surface area contributed by atoms with Crippen molar-refractivity contribution in [2.45, 2.75) is 25.8 Å². The molecule has 1 amide bonds. The molecule has 1 fully saturated rings. The van der Waals surface area contributed by atoms with Gasteiger partial charge in [-0.15, -0.1) is 0 Å². The number of hydrogen-bond acceptors (Lipinski definition) is 5. The van der Waals surface area contributed by atoms with E-state index in [-0.39, 0.29) is 11.9 Å². The van der Waals surface area contributed by atoms with Crippen molar-refractivity contribution in [1.82, 2.24) is 24.6 Å². The molecule has 8 heteroatoms. The van der Waals surface area contributed by atoms with E-state index in [2.05, 4.69) is 27.3 Å². The third-order valence-corrected chi connectivity index (χ3v) is 6.62. The molecule has 5 heterocycles. The summed E-state index contributed by atoms with van der Waals surface area (Å²) >= 11 is 0. The Morgan fingerprint density at radius 1 is 1.15 bits per heavy atom. The zero-order valence-corrected chi connectivity index (χ0v) is 18.3. The van der Waals surface area contributed by atoms with Gasteiger partial charge in [-0.2, -0.15) is 5.10 Å². The number of carbonyl (C=O) groups is 1. The van der Waals surface area contributed by atoms with Gasteiger partial charge < -0.3 is 20.0 Å². The van der Waals surface area contributed by atoms with Crippen LogP contribution in [0.4, 0.5) is 5.82 Å².